The number of hydrogen-bond acceptors (Lipinski definition) is 3. The van der Waals surface area contributed by atoms with Gasteiger partial charge in [-0.05, 0) is 56.4 Å². The van der Waals surface area contributed by atoms with E-state index in [1.165, 1.54) is 29.2 Å². The minimum absolute atomic E-state index is 0.000509. The zero-order chi connectivity index (χ0) is 20.9. The van der Waals surface area contributed by atoms with Gasteiger partial charge in [0.1, 0.15) is 11.4 Å². The van der Waals surface area contributed by atoms with Gasteiger partial charge in [-0.15, -0.1) is 0 Å². The molecule has 0 aliphatic carbocycles. The molecule has 0 spiro atoms. The predicted molar refractivity (Wildman–Crippen MR) is 102 cm³/mol. The molecule has 1 aliphatic rings. The molecule has 3 rings (SSSR count). The quantitative estimate of drug-likeness (QED) is 0.607. The highest BCUT2D eigenvalue weighted by molar-refractivity contribution is 7.81. The lowest BCUT2D eigenvalue weighted by Crippen LogP contribution is -2.44. The topological polar surface area (TPSA) is 49.6 Å². The van der Waals surface area contributed by atoms with Gasteiger partial charge in [0, 0.05) is 17.8 Å². The Morgan fingerprint density at radius 1 is 1.11 bits per heavy atom. The maximum atomic E-state index is 14.2. The summed E-state index contributed by atoms with van der Waals surface area (Å²) in [5.74, 6) is -1.07. The van der Waals surface area contributed by atoms with E-state index in [2.05, 4.69) is 0 Å². The van der Waals surface area contributed by atoms with E-state index < -0.39 is 29.0 Å². The van der Waals surface area contributed by atoms with Gasteiger partial charge in [-0.1, -0.05) is 12.1 Å². The fourth-order valence-electron chi connectivity index (χ4n) is 3.12. The number of hydrogen-bond donors (Lipinski definition) is 1. The van der Waals surface area contributed by atoms with Crippen LogP contribution in [0.2, 0.25) is 0 Å². The highest BCUT2D eigenvalue weighted by Gasteiger charge is 2.50. The third-order valence-electron chi connectivity index (χ3n) is 4.61. The Morgan fingerprint density at radius 3 is 2.36 bits per heavy atom. The molecule has 148 valence electrons. The van der Waals surface area contributed by atoms with Crippen LogP contribution in [-0.4, -0.2) is 16.6 Å². The van der Waals surface area contributed by atoms with E-state index in [9.17, 15) is 22.4 Å². The molecule has 1 heterocycles. The maximum Gasteiger partial charge on any atom is 0.416 e. The van der Waals surface area contributed by atoms with Gasteiger partial charge in [0.05, 0.1) is 11.3 Å². The lowest BCUT2D eigenvalue weighted by Gasteiger charge is -2.29. The zero-order valence-corrected chi connectivity index (χ0v) is 15.9. The van der Waals surface area contributed by atoms with Gasteiger partial charge in [-0.3, -0.25) is 9.69 Å². The number of benzene rings is 2. The highest BCUT2D eigenvalue weighted by Crippen LogP contribution is 2.38. The third kappa shape index (κ3) is 3.24. The average molecular weight is 411 g/mol. The number of rotatable bonds is 3. The number of thiocarbonyl (C=S) groups is 1. The molecule has 0 unspecified atom stereocenters. The minimum atomic E-state index is -4.56. The van der Waals surface area contributed by atoms with Crippen molar-refractivity contribution in [3.05, 3.63) is 59.4 Å². The molecular formula is C19H17F4N3OS. The predicted octanol–water partition coefficient (Wildman–Crippen LogP) is 4.22. The standard InChI is InChI=1S/C19H17F4N3OS/c1-18(2)16(27)25(13-5-3-4-12(8-13)19(21,22)23)17(28)26(18)14-7-6-11(10-24)15(20)9-14/h3-9H,10,24H2,1-2H3. The fraction of sp³-hybridized carbons (Fsp3) is 0.263. The van der Waals surface area contributed by atoms with Crippen LogP contribution in [-0.2, 0) is 17.5 Å². The van der Waals surface area contributed by atoms with Crippen LogP contribution in [0.1, 0.15) is 25.0 Å². The van der Waals surface area contributed by atoms with Crippen molar-refractivity contribution in [3.63, 3.8) is 0 Å². The molecule has 2 aromatic rings. The highest BCUT2D eigenvalue weighted by atomic mass is 32.1. The second kappa shape index (κ2) is 6.82. The maximum absolute atomic E-state index is 14.2. The second-order valence-corrected chi connectivity index (χ2v) is 7.21. The molecule has 9 heteroatoms. The molecule has 0 aromatic heterocycles. The van der Waals surface area contributed by atoms with Crippen molar-refractivity contribution in [2.24, 2.45) is 5.73 Å². The number of carbonyl (C=O) groups is 1. The Balaban J connectivity index is 2.07. The Morgan fingerprint density at radius 2 is 1.79 bits per heavy atom. The normalized spacial score (nSPS) is 16.8. The molecule has 1 aliphatic heterocycles. The fourth-order valence-corrected chi connectivity index (χ4v) is 3.64. The first-order valence-electron chi connectivity index (χ1n) is 8.33. The SMILES string of the molecule is CC1(C)C(=O)N(c2cccc(C(F)(F)F)c2)C(=S)N1c1ccc(CN)c(F)c1. The van der Waals surface area contributed by atoms with Crippen LogP contribution >= 0.6 is 12.2 Å². The molecule has 2 aromatic carbocycles. The minimum Gasteiger partial charge on any atom is -0.326 e. The largest absolute Gasteiger partial charge is 0.416 e. The van der Waals surface area contributed by atoms with Crippen LogP contribution in [0.15, 0.2) is 42.5 Å². The van der Waals surface area contributed by atoms with Crippen molar-refractivity contribution < 1.29 is 22.4 Å². The van der Waals surface area contributed by atoms with Gasteiger partial charge < -0.3 is 10.6 Å². The summed E-state index contributed by atoms with van der Waals surface area (Å²) in [6, 6.07) is 8.62. The number of nitrogens with two attached hydrogens (primary N) is 1. The Hall–Kier alpha value is -2.52. The number of alkyl halides is 3. The number of halogens is 4. The van der Waals surface area contributed by atoms with Crippen LogP contribution < -0.4 is 15.5 Å². The smallest absolute Gasteiger partial charge is 0.326 e. The number of carbonyl (C=O) groups excluding carboxylic acids is 1. The van der Waals surface area contributed by atoms with Crippen molar-refractivity contribution in [1.82, 2.24) is 0 Å². The van der Waals surface area contributed by atoms with E-state index in [4.69, 9.17) is 18.0 Å². The summed E-state index contributed by atoms with van der Waals surface area (Å²) in [6.45, 7) is 3.16. The van der Waals surface area contributed by atoms with Gasteiger partial charge in [-0.2, -0.15) is 13.2 Å². The van der Waals surface area contributed by atoms with E-state index in [0.717, 1.165) is 17.0 Å². The van der Waals surface area contributed by atoms with Crippen LogP contribution in [0.25, 0.3) is 0 Å². The first-order chi connectivity index (χ1) is 13.0. The number of amides is 1. The molecular weight excluding hydrogens is 394 g/mol. The lowest BCUT2D eigenvalue weighted by atomic mass is 10.0. The van der Waals surface area contributed by atoms with E-state index >= 15 is 0 Å². The summed E-state index contributed by atoms with van der Waals surface area (Å²) >= 11 is 5.40. The Labute approximate surface area is 164 Å². The van der Waals surface area contributed by atoms with E-state index in [0.29, 0.717) is 11.3 Å². The first kappa shape index (κ1) is 20.2. The van der Waals surface area contributed by atoms with E-state index in [-0.39, 0.29) is 17.3 Å². The van der Waals surface area contributed by atoms with Crippen molar-refractivity contribution >= 4 is 34.6 Å². The monoisotopic (exact) mass is 411 g/mol. The van der Waals surface area contributed by atoms with Crippen molar-refractivity contribution in [3.8, 4) is 0 Å². The summed E-state index contributed by atoms with van der Waals surface area (Å²) in [6.07, 6.45) is -4.56. The van der Waals surface area contributed by atoms with Gasteiger partial charge in [-0.25, -0.2) is 4.39 Å². The summed E-state index contributed by atoms with van der Waals surface area (Å²) < 4.78 is 53.4. The number of nitrogens with zero attached hydrogens (tertiary/aromatic N) is 2. The third-order valence-corrected chi connectivity index (χ3v) is 4.98. The van der Waals surface area contributed by atoms with Crippen molar-refractivity contribution in [1.29, 1.82) is 0 Å². The van der Waals surface area contributed by atoms with Crippen molar-refractivity contribution in [2.75, 3.05) is 9.80 Å². The van der Waals surface area contributed by atoms with E-state index in [1.807, 2.05) is 0 Å². The summed E-state index contributed by atoms with van der Waals surface area (Å²) in [7, 11) is 0. The zero-order valence-electron chi connectivity index (χ0n) is 15.0. The van der Waals surface area contributed by atoms with Crippen molar-refractivity contribution in [2.45, 2.75) is 32.1 Å². The lowest BCUT2D eigenvalue weighted by molar-refractivity contribution is -0.137. The van der Waals surface area contributed by atoms with Crippen LogP contribution in [0.4, 0.5) is 28.9 Å². The molecule has 0 atom stereocenters. The molecule has 1 fully saturated rings. The van der Waals surface area contributed by atoms with Gasteiger partial charge in [0.2, 0.25) is 0 Å². The summed E-state index contributed by atoms with van der Waals surface area (Å²) in [5.41, 5.74) is 3.97. The Bertz CT molecular complexity index is 958. The van der Waals surface area contributed by atoms with E-state index in [1.54, 1.807) is 19.9 Å². The Kier molecular flexibility index (Phi) is 4.93. The van der Waals surface area contributed by atoms with Gasteiger partial charge >= 0.3 is 6.18 Å². The molecule has 2 N–H and O–H groups in total. The van der Waals surface area contributed by atoms with Gasteiger partial charge in [0.15, 0.2) is 5.11 Å². The second-order valence-electron chi connectivity index (χ2n) is 6.85. The molecule has 4 nitrogen and oxygen atoms in total. The molecule has 1 amide bonds. The molecule has 0 saturated carbocycles. The van der Waals surface area contributed by atoms with Crippen LogP contribution in [0, 0.1) is 5.82 Å². The first-order valence-corrected chi connectivity index (χ1v) is 8.74. The summed E-state index contributed by atoms with van der Waals surface area (Å²) in [5, 5.41) is -0.0331. The molecule has 28 heavy (non-hydrogen) atoms. The van der Waals surface area contributed by atoms with Crippen LogP contribution in [0.5, 0.6) is 0 Å². The summed E-state index contributed by atoms with van der Waals surface area (Å²) in [4.78, 5) is 15.5. The molecule has 1 saturated heterocycles. The average Bonchev–Trinajstić information content (AvgIpc) is 2.79. The van der Waals surface area contributed by atoms with Crippen LogP contribution in [0.3, 0.4) is 0 Å². The van der Waals surface area contributed by atoms with Gasteiger partial charge in [0.25, 0.3) is 5.91 Å². The molecule has 0 bridgehead atoms. The number of anilines is 2. The molecule has 0 radical (unpaired) electrons.